The molecular weight excluding hydrogens is 343 g/mol. The zero-order valence-electron chi connectivity index (χ0n) is 14.9. The predicted molar refractivity (Wildman–Crippen MR) is 102 cm³/mol. The fourth-order valence-corrected chi connectivity index (χ4v) is 3.04. The lowest BCUT2D eigenvalue weighted by atomic mass is 10.1. The lowest BCUT2D eigenvalue weighted by molar-refractivity contribution is 0.582. The normalized spacial score (nSPS) is 12.2. The number of hydrogen-bond donors (Lipinski definition) is 1. The van der Waals surface area contributed by atoms with Crippen molar-refractivity contribution < 1.29 is 4.39 Å². The largest absolute Gasteiger partial charge is 0.365 e. The van der Waals surface area contributed by atoms with E-state index < -0.39 is 0 Å². The monoisotopic (exact) mass is 362 g/mol. The molecule has 4 aromatic rings. The van der Waals surface area contributed by atoms with E-state index in [9.17, 15) is 4.39 Å². The molecule has 0 unspecified atom stereocenters. The average molecular weight is 362 g/mol. The molecule has 136 valence electrons. The molecule has 0 aliphatic rings. The second kappa shape index (κ2) is 7.49. The Labute approximate surface area is 156 Å². The van der Waals surface area contributed by atoms with Crippen LogP contribution >= 0.6 is 0 Å². The van der Waals surface area contributed by atoms with Crippen LogP contribution in [0.1, 0.15) is 18.1 Å². The van der Waals surface area contributed by atoms with E-state index in [1.165, 1.54) is 18.0 Å². The first-order chi connectivity index (χ1) is 13.2. The van der Waals surface area contributed by atoms with Crippen molar-refractivity contribution in [2.75, 3.05) is 5.32 Å². The van der Waals surface area contributed by atoms with Crippen LogP contribution in [-0.2, 0) is 13.0 Å². The van der Waals surface area contributed by atoms with E-state index in [1.54, 1.807) is 22.9 Å². The second-order valence-electron chi connectivity index (χ2n) is 6.47. The molecule has 2 aromatic heterocycles. The Bertz CT molecular complexity index is 1050. The summed E-state index contributed by atoms with van der Waals surface area (Å²) in [6.45, 7) is 2.35. The molecule has 0 saturated heterocycles. The minimum absolute atomic E-state index is 0.155. The molecule has 0 amide bonds. The van der Waals surface area contributed by atoms with E-state index >= 15 is 0 Å². The molecule has 4 rings (SSSR count). The lowest BCUT2D eigenvalue weighted by Crippen LogP contribution is -2.19. The van der Waals surface area contributed by atoms with Crippen LogP contribution in [0.3, 0.4) is 0 Å². The van der Waals surface area contributed by atoms with Gasteiger partial charge in [0.25, 0.3) is 0 Å². The molecule has 7 heteroatoms. The third-order valence-electron chi connectivity index (χ3n) is 4.35. The van der Waals surface area contributed by atoms with Crippen LogP contribution in [0.5, 0.6) is 0 Å². The van der Waals surface area contributed by atoms with Crippen molar-refractivity contribution in [3.8, 4) is 0 Å². The van der Waals surface area contributed by atoms with Gasteiger partial charge in [0.05, 0.1) is 6.54 Å². The number of fused-ring (bicyclic) bond motifs is 1. The summed E-state index contributed by atoms with van der Waals surface area (Å²) in [6.07, 6.45) is 2.33. The first-order valence-corrected chi connectivity index (χ1v) is 8.79. The number of nitrogens with one attached hydrogen (secondary N) is 1. The minimum Gasteiger partial charge on any atom is -0.365 e. The quantitative estimate of drug-likeness (QED) is 0.569. The summed E-state index contributed by atoms with van der Waals surface area (Å²) in [6, 6.07) is 17.0. The Morgan fingerprint density at radius 3 is 2.63 bits per heavy atom. The molecular formula is C20H19FN6. The molecule has 1 N–H and O–H groups in total. The SMILES string of the molecule is C[C@@H](Cc1ccccc1)Nc1ncnc2c1nnn2Cc1ccccc1F. The highest BCUT2D eigenvalue weighted by Gasteiger charge is 2.15. The summed E-state index contributed by atoms with van der Waals surface area (Å²) in [4.78, 5) is 8.60. The molecule has 2 heterocycles. The maximum atomic E-state index is 13.9. The lowest BCUT2D eigenvalue weighted by Gasteiger charge is -2.14. The highest BCUT2D eigenvalue weighted by molar-refractivity contribution is 5.82. The fourth-order valence-electron chi connectivity index (χ4n) is 3.04. The second-order valence-corrected chi connectivity index (χ2v) is 6.47. The van der Waals surface area contributed by atoms with Crippen molar-refractivity contribution in [3.05, 3.63) is 77.9 Å². The van der Waals surface area contributed by atoms with Gasteiger partial charge >= 0.3 is 0 Å². The summed E-state index contributed by atoms with van der Waals surface area (Å²) in [5.41, 5.74) is 2.93. The Kier molecular flexibility index (Phi) is 4.74. The van der Waals surface area contributed by atoms with E-state index in [-0.39, 0.29) is 18.4 Å². The smallest absolute Gasteiger partial charge is 0.184 e. The Balaban J connectivity index is 1.56. The van der Waals surface area contributed by atoms with Crippen molar-refractivity contribution >= 4 is 17.0 Å². The zero-order valence-corrected chi connectivity index (χ0v) is 14.9. The predicted octanol–water partition coefficient (Wildman–Crippen LogP) is 3.45. The van der Waals surface area contributed by atoms with Gasteiger partial charge in [0, 0.05) is 11.6 Å². The van der Waals surface area contributed by atoms with Crippen LogP contribution in [0.4, 0.5) is 10.2 Å². The number of nitrogens with zero attached hydrogens (tertiary/aromatic N) is 5. The number of anilines is 1. The van der Waals surface area contributed by atoms with Crippen LogP contribution < -0.4 is 5.32 Å². The van der Waals surface area contributed by atoms with Crippen LogP contribution in [0.2, 0.25) is 0 Å². The van der Waals surface area contributed by atoms with Gasteiger partial charge in [-0.1, -0.05) is 53.7 Å². The molecule has 0 spiro atoms. The van der Waals surface area contributed by atoms with Crippen molar-refractivity contribution in [1.82, 2.24) is 25.0 Å². The van der Waals surface area contributed by atoms with E-state index in [0.29, 0.717) is 22.5 Å². The molecule has 0 bridgehead atoms. The maximum absolute atomic E-state index is 13.9. The van der Waals surface area contributed by atoms with Gasteiger partial charge in [-0.25, -0.2) is 19.0 Å². The standard InChI is InChI=1S/C20H19FN6/c1-14(11-15-7-3-2-4-8-15)24-19-18-20(23-13-22-19)27(26-25-18)12-16-9-5-6-10-17(16)21/h2-10,13-14H,11-12H2,1H3,(H,22,23,24)/t14-/m0/s1. The van der Waals surface area contributed by atoms with Crippen molar-refractivity contribution in [2.24, 2.45) is 0 Å². The number of hydrogen-bond acceptors (Lipinski definition) is 5. The van der Waals surface area contributed by atoms with Gasteiger partial charge in [-0.3, -0.25) is 0 Å². The molecule has 0 aliphatic heterocycles. The average Bonchev–Trinajstić information content (AvgIpc) is 3.08. The highest BCUT2D eigenvalue weighted by Crippen LogP contribution is 2.19. The topological polar surface area (TPSA) is 68.5 Å². The molecule has 2 aromatic carbocycles. The fraction of sp³-hybridized carbons (Fsp3) is 0.200. The maximum Gasteiger partial charge on any atom is 0.184 e. The Hall–Kier alpha value is -3.35. The Morgan fingerprint density at radius 1 is 1.04 bits per heavy atom. The van der Waals surface area contributed by atoms with Crippen molar-refractivity contribution in [3.63, 3.8) is 0 Å². The van der Waals surface area contributed by atoms with Gasteiger partial charge in [-0.05, 0) is 25.0 Å². The Morgan fingerprint density at radius 2 is 1.81 bits per heavy atom. The van der Waals surface area contributed by atoms with E-state index in [1.807, 2.05) is 18.2 Å². The van der Waals surface area contributed by atoms with E-state index in [0.717, 1.165) is 6.42 Å². The number of halogens is 1. The molecule has 1 atom stereocenters. The zero-order chi connectivity index (χ0) is 18.6. The molecule has 0 radical (unpaired) electrons. The van der Waals surface area contributed by atoms with Crippen LogP contribution in [0.15, 0.2) is 60.9 Å². The first kappa shape index (κ1) is 17.1. The van der Waals surface area contributed by atoms with Crippen LogP contribution in [0.25, 0.3) is 11.2 Å². The molecule has 0 saturated carbocycles. The highest BCUT2D eigenvalue weighted by atomic mass is 19.1. The van der Waals surface area contributed by atoms with Gasteiger partial charge in [0.2, 0.25) is 0 Å². The summed E-state index contributed by atoms with van der Waals surface area (Å²) in [5.74, 6) is 0.355. The van der Waals surface area contributed by atoms with Crippen molar-refractivity contribution in [1.29, 1.82) is 0 Å². The molecule has 6 nitrogen and oxygen atoms in total. The molecule has 0 fully saturated rings. The van der Waals surface area contributed by atoms with Gasteiger partial charge in [-0.2, -0.15) is 0 Å². The van der Waals surface area contributed by atoms with E-state index in [2.05, 4.69) is 44.7 Å². The summed E-state index contributed by atoms with van der Waals surface area (Å²) in [7, 11) is 0. The molecule has 27 heavy (non-hydrogen) atoms. The van der Waals surface area contributed by atoms with Crippen LogP contribution in [-0.4, -0.2) is 31.0 Å². The van der Waals surface area contributed by atoms with Crippen molar-refractivity contribution in [2.45, 2.75) is 25.9 Å². The summed E-state index contributed by atoms with van der Waals surface area (Å²) in [5, 5.41) is 11.7. The number of aromatic nitrogens is 5. The van der Waals surface area contributed by atoms with Gasteiger partial charge < -0.3 is 5.32 Å². The van der Waals surface area contributed by atoms with Gasteiger partial charge in [-0.15, -0.1) is 5.10 Å². The van der Waals surface area contributed by atoms with Gasteiger partial charge in [0.1, 0.15) is 12.1 Å². The third kappa shape index (κ3) is 3.76. The summed E-state index contributed by atoms with van der Waals surface area (Å²) >= 11 is 0. The minimum atomic E-state index is -0.273. The first-order valence-electron chi connectivity index (χ1n) is 8.79. The number of benzene rings is 2. The number of rotatable bonds is 6. The van der Waals surface area contributed by atoms with Gasteiger partial charge in [0.15, 0.2) is 17.0 Å². The molecule has 0 aliphatic carbocycles. The third-order valence-corrected chi connectivity index (χ3v) is 4.35. The van der Waals surface area contributed by atoms with E-state index in [4.69, 9.17) is 0 Å². The summed E-state index contributed by atoms with van der Waals surface area (Å²) < 4.78 is 15.5. The van der Waals surface area contributed by atoms with Crippen LogP contribution in [0, 0.1) is 5.82 Å².